The van der Waals surface area contributed by atoms with Crippen molar-refractivity contribution < 1.29 is 23.8 Å². The van der Waals surface area contributed by atoms with Gasteiger partial charge >= 0.3 is 0 Å². The van der Waals surface area contributed by atoms with Crippen LogP contribution in [-0.2, 0) is 14.3 Å². The van der Waals surface area contributed by atoms with Gasteiger partial charge < -0.3 is 25.8 Å². The molecule has 0 radical (unpaired) electrons. The number of ether oxygens (including phenoxy) is 1. The number of anilines is 2. The number of amides is 2. The van der Waals surface area contributed by atoms with E-state index in [0.717, 1.165) is 0 Å². The van der Waals surface area contributed by atoms with Crippen LogP contribution in [0, 0.1) is 11.2 Å². The van der Waals surface area contributed by atoms with Crippen molar-refractivity contribution in [1.82, 2.24) is 0 Å². The van der Waals surface area contributed by atoms with Gasteiger partial charge in [0.25, 0.3) is 11.8 Å². The number of halogens is 1. The zero-order valence-electron chi connectivity index (χ0n) is 14.8. The summed E-state index contributed by atoms with van der Waals surface area (Å²) in [5.41, 5.74) is 6.68. The Morgan fingerprint density at radius 2 is 1.89 bits per heavy atom. The van der Waals surface area contributed by atoms with E-state index in [0.29, 0.717) is 16.9 Å². The fourth-order valence-corrected chi connectivity index (χ4v) is 2.80. The lowest BCUT2D eigenvalue weighted by Crippen LogP contribution is -2.55. The monoisotopic (exact) mass is 386 g/mol. The summed E-state index contributed by atoms with van der Waals surface area (Å²) in [7, 11) is 0. The summed E-state index contributed by atoms with van der Waals surface area (Å²) >= 11 is 0. The first-order chi connectivity index (χ1) is 13.4. The van der Waals surface area contributed by atoms with Gasteiger partial charge in [0.15, 0.2) is 12.2 Å². The third kappa shape index (κ3) is 4.16. The summed E-state index contributed by atoms with van der Waals surface area (Å²) in [5, 5.41) is 20.2. The number of nitrogens with one attached hydrogen (secondary N) is 2. The second-order valence-electron chi connectivity index (χ2n) is 6.18. The number of hydrogen-bond acceptors (Lipinski definition) is 5. The first kappa shape index (κ1) is 19.5. The predicted molar refractivity (Wildman–Crippen MR) is 101 cm³/mol. The molecule has 0 aromatic heterocycles. The normalized spacial score (nSPS) is 17.9. The van der Waals surface area contributed by atoms with Crippen LogP contribution in [-0.4, -0.2) is 48.1 Å². The quantitative estimate of drug-likeness (QED) is 0.447. The Kier molecular flexibility index (Phi) is 5.67. The maximum absolute atomic E-state index is 13.1. The Balaban J connectivity index is 1.69. The number of nitrogen functional groups attached to an aromatic ring is 1. The number of morpholine rings is 1. The third-order valence-electron chi connectivity index (χ3n) is 4.28. The number of carbonyl (C=O) groups excluding carboxylic acids is 2. The highest BCUT2D eigenvalue weighted by atomic mass is 19.1. The Bertz CT molecular complexity index is 886. The van der Waals surface area contributed by atoms with Gasteiger partial charge in [-0.25, -0.2) is 4.39 Å². The number of nitrogens with zero attached hydrogens (tertiary/aromatic N) is 1. The van der Waals surface area contributed by atoms with Crippen LogP contribution in [0.2, 0.25) is 0 Å². The summed E-state index contributed by atoms with van der Waals surface area (Å²) < 4.78 is 18.4. The summed E-state index contributed by atoms with van der Waals surface area (Å²) in [6.45, 7) is 0.341. The summed E-state index contributed by atoms with van der Waals surface area (Å²) in [6.07, 6.45) is -3.11. The van der Waals surface area contributed by atoms with Crippen LogP contribution in [0.4, 0.5) is 15.8 Å². The van der Waals surface area contributed by atoms with Gasteiger partial charge in [0.05, 0.1) is 6.61 Å². The molecule has 0 spiro atoms. The third-order valence-corrected chi connectivity index (χ3v) is 4.28. The van der Waals surface area contributed by atoms with E-state index >= 15 is 0 Å². The van der Waals surface area contributed by atoms with Gasteiger partial charge in [-0.15, -0.1) is 0 Å². The Hall–Kier alpha value is -3.30. The van der Waals surface area contributed by atoms with Crippen LogP contribution < -0.4 is 16.0 Å². The highest BCUT2D eigenvalue weighted by Gasteiger charge is 2.39. The predicted octanol–water partition coefficient (Wildman–Crippen LogP) is 0.841. The van der Waals surface area contributed by atoms with Gasteiger partial charge in [0.1, 0.15) is 11.7 Å². The van der Waals surface area contributed by atoms with E-state index < -0.39 is 29.8 Å². The molecule has 0 unspecified atom stereocenters. The van der Waals surface area contributed by atoms with Gasteiger partial charge in [0.2, 0.25) is 0 Å². The van der Waals surface area contributed by atoms with E-state index in [4.69, 9.17) is 15.9 Å². The molecule has 0 bridgehead atoms. The molecule has 0 saturated carbocycles. The second kappa shape index (κ2) is 8.15. The molecule has 1 aliphatic heterocycles. The zero-order chi connectivity index (χ0) is 20.3. The summed E-state index contributed by atoms with van der Waals surface area (Å²) in [5.74, 6) is -1.95. The van der Waals surface area contributed by atoms with E-state index in [1.807, 2.05) is 0 Å². The zero-order valence-corrected chi connectivity index (χ0v) is 14.8. The molecule has 1 aliphatic rings. The molecule has 2 aromatic carbocycles. The Morgan fingerprint density at radius 1 is 1.25 bits per heavy atom. The minimum Gasteiger partial charge on any atom is -0.384 e. The smallest absolute Gasteiger partial charge is 0.259 e. The lowest BCUT2D eigenvalue weighted by molar-refractivity contribution is -0.150. The molecule has 5 N–H and O–H groups in total. The average molecular weight is 386 g/mol. The number of hydrogen-bond donors (Lipinski definition) is 4. The molecule has 8 nitrogen and oxygen atoms in total. The van der Waals surface area contributed by atoms with Gasteiger partial charge in [-0.1, -0.05) is 0 Å². The Morgan fingerprint density at radius 3 is 2.50 bits per heavy atom. The highest BCUT2D eigenvalue weighted by Crippen LogP contribution is 2.21. The molecular weight excluding hydrogens is 367 g/mol. The van der Waals surface area contributed by atoms with Crippen molar-refractivity contribution in [3.05, 3.63) is 59.9 Å². The van der Waals surface area contributed by atoms with E-state index in [1.54, 1.807) is 12.1 Å². The van der Waals surface area contributed by atoms with Gasteiger partial charge in [-0.05, 0) is 48.5 Å². The van der Waals surface area contributed by atoms with Crippen LogP contribution in [0.1, 0.15) is 5.56 Å². The molecule has 9 heteroatoms. The molecule has 1 saturated heterocycles. The first-order valence-electron chi connectivity index (χ1n) is 8.49. The molecule has 1 fully saturated rings. The van der Waals surface area contributed by atoms with Crippen molar-refractivity contribution in [2.24, 2.45) is 5.73 Å². The summed E-state index contributed by atoms with van der Waals surface area (Å²) in [4.78, 5) is 26.3. The fourth-order valence-electron chi connectivity index (χ4n) is 2.80. The average Bonchev–Trinajstić information content (AvgIpc) is 2.69. The van der Waals surface area contributed by atoms with Crippen molar-refractivity contribution in [2.45, 2.75) is 12.2 Å². The number of aliphatic hydroxyl groups excluding tert-OH is 1. The lowest BCUT2D eigenvalue weighted by Gasteiger charge is -2.34. The molecular formula is C19H19FN4O4. The minimum atomic E-state index is -1.73. The number of aliphatic hydroxyl groups is 1. The van der Waals surface area contributed by atoms with Crippen molar-refractivity contribution in [2.75, 3.05) is 23.4 Å². The Labute approximate surface area is 160 Å². The maximum atomic E-state index is 13.1. The van der Waals surface area contributed by atoms with E-state index in [-0.39, 0.29) is 19.0 Å². The summed E-state index contributed by atoms with van der Waals surface area (Å²) in [6, 6.07) is 11.5. The van der Waals surface area contributed by atoms with Gasteiger partial charge in [-0.3, -0.25) is 15.0 Å². The van der Waals surface area contributed by atoms with Crippen LogP contribution >= 0.6 is 0 Å². The first-order valence-corrected chi connectivity index (χ1v) is 8.49. The van der Waals surface area contributed by atoms with E-state index in [9.17, 15) is 19.1 Å². The molecule has 2 atom stereocenters. The van der Waals surface area contributed by atoms with Gasteiger partial charge in [-0.2, -0.15) is 0 Å². The molecule has 2 aromatic rings. The van der Waals surface area contributed by atoms with E-state index in [2.05, 4.69) is 5.32 Å². The van der Waals surface area contributed by atoms with Crippen molar-refractivity contribution in [3.63, 3.8) is 0 Å². The number of benzene rings is 2. The topological polar surface area (TPSA) is 129 Å². The molecule has 3 rings (SSSR count). The minimum absolute atomic E-state index is 0.111. The fraction of sp³-hybridized carbons (Fsp3) is 0.211. The molecule has 1 heterocycles. The largest absolute Gasteiger partial charge is 0.384 e. The second-order valence-corrected chi connectivity index (χ2v) is 6.18. The number of nitrogens with two attached hydrogens (primary N) is 1. The SMILES string of the molecule is N=C(N)c1ccc(NC(=O)[C@H](O)[C@H]2OCCN(c3ccc(F)cc3)C2=O)cc1. The lowest BCUT2D eigenvalue weighted by atomic mass is 10.1. The van der Waals surface area contributed by atoms with Crippen molar-refractivity contribution in [3.8, 4) is 0 Å². The van der Waals surface area contributed by atoms with Gasteiger partial charge in [0, 0.05) is 23.5 Å². The number of amidine groups is 1. The van der Waals surface area contributed by atoms with Crippen molar-refractivity contribution >= 4 is 29.0 Å². The van der Waals surface area contributed by atoms with Crippen LogP contribution in [0.5, 0.6) is 0 Å². The van der Waals surface area contributed by atoms with Crippen LogP contribution in [0.3, 0.4) is 0 Å². The molecule has 146 valence electrons. The maximum Gasteiger partial charge on any atom is 0.259 e. The molecule has 2 amide bonds. The van der Waals surface area contributed by atoms with Crippen LogP contribution in [0.15, 0.2) is 48.5 Å². The highest BCUT2D eigenvalue weighted by molar-refractivity contribution is 6.04. The van der Waals surface area contributed by atoms with Crippen molar-refractivity contribution in [1.29, 1.82) is 5.41 Å². The molecule has 28 heavy (non-hydrogen) atoms. The number of carbonyl (C=O) groups is 2. The molecule has 0 aliphatic carbocycles. The van der Waals surface area contributed by atoms with Crippen LogP contribution in [0.25, 0.3) is 0 Å². The standard InChI is InChI=1S/C19H19FN4O4/c20-12-3-7-14(8-4-12)24-9-10-28-16(19(24)27)15(25)18(26)23-13-5-1-11(2-6-13)17(21)22/h1-8,15-16,25H,9-10H2,(H3,21,22)(H,23,26)/t15-,16-/m1/s1. The number of rotatable bonds is 5. The van der Waals surface area contributed by atoms with E-state index in [1.165, 1.54) is 41.3 Å².